The summed E-state index contributed by atoms with van der Waals surface area (Å²) in [7, 11) is 3.83. The van der Waals surface area contributed by atoms with E-state index in [1.165, 1.54) is 4.90 Å². The molecule has 0 aliphatic heterocycles. The molecule has 33 heavy (non-hydrogen) atoms. The van der Waals surface area contributed by atoms with Crippen molar-refractivity contribution >= 4 is 46.7 Å². The van der Waals surface area contributed by atoms with Crippen LogP contribution in [0.25, 0.3) is 0 Å². The second kappa shape index (κ2) is 11.6. The van der Waals surface area contributed by atoms with E-state index in [-0.39, 0.29) is 13.1 Å². The Hall–Kier alpha value is -3.20. The normalized spacial score (nSPS) is 10.8. The molecule has 2 N–H and O–H groups in total. The Balaban J connectivity index is 2.09. The molecule has 2 rings (SSSR count). The summed E-state index contributed by atoms with van der Waals surface area (Å²) in [5.41, 5.74) is 1.43. The summed E-state index contributed by atoms with van der Waals surface area (Å²) in [6, 6.07) is 14.1. The highest BCUT2D eigenvalue weighted by atomic mass is 32.2. The maximum Gasteiger partial charge on any atom is 0.326 e. The molecule has 0 bridgehead atoms. The van der Waals surface area contributed by atoms with Crippen LogP contribution in [0.5, 0.6) is 0 Å². The molecule has 178 valence electrons. The number of urea groups is 1. The summed E-state index contributed by atoms with van der Waals surface area (Å²) >= 11 is 1.56. The van der Waals surface area contributed by atoms with E-state index in [0.29, 0.717) is 11.4 Å². The zero-order chi connectivity index (χ0) is 24.6. The topological polar surface area (TPSA) is 91.0 Å². The summed E-state index contributed by atoms with van der Waals surface area (Å²) in [6.07, 6.45) is 1.95. The van der Waals surface area contributed by atoms with Gasteiger partial charge in [-0.15, -0.1) is 11.8 Å². The smallest absolute Gasteiger partial charge is 0.326 e. The lowest BCUT2D eigenvalue weighted by Gasteiger charge is -2.26. The first-order valence-corrected chi connectivity index (χ1v) is 11.7. The third-order valence-electron chi connectivity index (χ3n) is 4.41. The van der Waals surface area contributed by atoms with Crippen molar-refractivity contribution in [3.63, 3.8) is 0 Å². The molecular formula is C24H32N4O4S. The Morgan fingerprint density at radius 3 is 2.21 bits per heavy atom. The van der Waals surface area contributed by atoms with E-state index in [0.717, 1.165) is 10.6 Å². The van der Waals surface area contributed by atoms with Gasteiger partial charge in [-0.05, 0) is 69.5 Å². The molecule has 0 radical (unpaired) electrons. The molecule has 0 saturated heterocycles. The van der Waals surface area contributed by atoms with Crippen molar-refractivity contribution in [2.75, 3.05) is 48.6 Å². The van der Waals surface area contributed by atoms with Crippen molar-refractivity contribution in [3.8, 4) is 0 Å². The van der Waals surface area contributed by atoms with Gasteiger partial charge in [-0.25, -0.2) is 4.79 Å². The summed E-state index contributed by atoms with van der Waals surface area (Å²) in [4.78, 5) is 42.0. The van der Waals surface area contributed by atoms with Crippen molar-refractivity contribution < 1.29 is 19.1 Å². The Kier molecular flexibility index (Phi) is 9.16. The first-order valence-electron chi connectivity index (χ1n) is 10.5. The minimum Gasteiger partial charge on any atom is -0.459 e. The fourth-order valence-corrected chi connectivity index (χ4v) is 3.34. The van der Waals surface area contributed by atoms with Crippen LogP contribution in [0.4, 0.5) is 21.9 Å². The number of esters is 1. The van der Waals surface area contributed by atoms with Gasteiger partial charge in [-0.1, -0.05) is 6.07 Å². The van der Waals surface area contributed by atoms with Crippen LogP contribution >= 0.6 is 11.8 Å². The number of carbonyl (C=O) groups excluding carboxylic acids is 3. The lowest BCUT2D eigenvalue weighted by molar-refractivity contribution is -0.153. The monoisotopic (exact) mass is 472 g/mol. The molecule has 0 saturated carbocycles. The quantitative estimate of drug-likeness (QED) is 0.446. The van der Waals surface area contributed by atoms with E-state index >= 15 is 0 Å². The molecule has 0 aliphatic carbocycles. The van der Waals surface area contributed by atoms with Crippen LogP contribution in [0, 0.1) is 0 Å². The van der Waals surface area contributed by atoms with Crippen molar-refractivity contribution in [1.29, 1.82) is 0 Å². The summed E-state index contributed by atoms with van der Waals surface area (Å²) in [5, 5.41) is 5.27. The second-order valence-corrected chi connectivity index (χ2v) is 9.40. The van der Waals surface area contributed by atoms with Gasteiger partial charge < -0.3 is 20.3 Å². The maximum atomic E-state index is 13.0. The number of hydrogen-bond donors (Lipinski definition) is 2. The van der Waals surface area contributed by atoms with E-state index < -0.39 is 23.5 Å². The molecule has 0 spiro atoms. The van der Waals surface area contributed by atoms with E-state index in [2.05, 4.69) is 10.6 Å². The zero-order valence-electron chi connectivity index (χ0n) is 20.0. The number of nitrogens with one attached hydrogen (secondary N) is 2. The molecule has 2 aromatic carbocycles. The third kappa shape index (κ3) is 8.69. The zero-order valence-corrected chi connectivity index (χ0v) is 20.8. The fourth-order valence-electron chi connectivity index (χ4n) is 2.88. The van der Waals surface area contributed by atoms with Crippen LogP contribution in [-0.2, 0) is 14.3 Å². The van der Waals surface area contributed by atoms with Gasteiger partial charge in [0.2, 0.25) is 5.91 Å². The molecule has 0 atom stereocenters. The Labute approximate surface area is 199 Å². The molecule has 9 heteroatoms. The van der Waals surface area contributed by atoms with Gasteiger partial charge >= 0.3 is 12.0 Å². The molecular weight excluding hydrogens is 440 g/mol. The molecule has 8 nitrogen and oxygen atoms in total. The second-order valence-electron chi connectivity index (χ2n) is 8.52. The molecule has 0 aromatic heterocycles. The maximum absolute atomic E-state index is 13.0. The van der Waals surface area contributed by atoms with E-state index in [1.807, 2.05) is 55.6 Å². The minimum atomic E-state index is -0.677. The van der Waals surface area contributed by atoms with Gasteiger partial charge in [0, 0.05) is 36.1 Å². The van der Waals surface area contributed by atoms with E-state index in [4.69, 9.17) is 4.74 Å². The molecule has 2 aromatic rings. The van der Waals surface area contributed by atoms with Crippen LogP contribution in [0.2, 0.25) is 0 Å². The van der Waals surface area contributed by atoms with Gasteiger partial charge in [-0.2, -0.15) is 0 Å². The summed E-state index contributed by atoms with van der Waals surface area (Å²) < 4.78 is 5.39. The Bertz CT molecular complexity index is 971. The molecule has 0 fully saturated rings. The molecule has 0 heterocycles. The van der Waals surface area contributed by atoms with Gasteiger partial charge in [0.1, 0.15) is 12.1 Å². The van der Waals surface area contributed by atoms with E-state index in [1.54, 1.807) is 50.7 Å². The first kappa shape index (κ1) is 26.1. The lowest BCUT2D eigenvalue weighted by atomic mass is 10.2. The number of rotatable bonds is 8. The first-order chi connectivity index (χ1) is 15.5. The van der Waals surface area contributed by atoms with Crippen LogP contribution in [-0.4, -0.2) is 56.9 Å². The predicted octanol–water partition coefficient (Wildman–Crippen LogP) is 3.97. The van der Waals surface area contributed by atoms with Crippen LogP contribution in [0.15, 0.2) is 53.4 Å². The Morgan fingerprint density at radius 2 is 1.64 bits per heavy atom. The van der Waals surface area contributed by atoms with Gasteiger partial charge in [0.15, 0.2) is 0 Å². The van der Waals surface area contributed by atoms with E-state index in [9.17, 15) is 14.4 Å². The minimum absolute atomic E-state index is 0.267. The number of carbonyl (C=O) groups is 3. The van der Waals surface area contributed by atoms with Crippen molar-refractivity contribution in [2.24, 2.45) is 0 Å². The lowest BCUT2D eigenvalue weighted by Crippen LogP contribution is -2.45. The Morgan fingerprint density at radius 1 is 1.00 bits per heavy atom. The number of thioether (sulfide) groups is 1. The van der Waals surface area contributed by atoms with Crippen molar-refractivity contribution in [3.05, 3.63) is 48.5 Å². The SMILES string of the molecule is CSc1cccc(NC(=O)NCC(=O)N(CC(=O)OC(C)(C)C)c2ccc(N(C)C)cc2)c1. The van der Waals surface area contributed by atoms with Gasteiger partial charge in [0.25, 0.3) is 0 Å². The van der Waals surface area contributed by atoms with Gasteiger partial charge in [-0.3, -0.25) is 14.5 Å². The molecule has 0 unspecified atom stereocenters. The largest absolute Gasteiger partial charge is 0.459 e. The number of amides is 3. The highest BCUT2D eigenvalue weighted by Gasteiger charge is 2.24. The number of ether oxygens (including phenoxy) is 1. The summed E-state index contributed by atoms with van der Waals surface area (Å²) in [6.45, 7) is 4.74. The van der Waals surface area contributed by atoms with Gasteiger partial charge in [0.05, 0.1) is 6.54 Å². The molecule has 0 aliphatic rings. The third-order valence-corrected chi connectivity index (χ3v) is 5.14. The highest BCUT2D eigenvalue weighted by molar-refractivity contribution is 7.98. The van der Waals surface area contributed by atoms with Crippen LogP contribution < -0.4 is 20.4 Å². The van der Waals surface area contributed by atoms with Crippen molar-refractivity contribution in [2.45, 2.75) is 31.3 Å². The predicted molar refractivity (Wildman–Crippen MR) is 134 cm³/mol. The summed E-state index contributed by atoms with van der Waals surface area (Å²) in [5.74, 6) is -0.975. The number of benzene rings is 2. The van der Waals surface area contributed by atoms with Crippen LogP contribution in [0.1, 0.15) is 20.8 Å². The number of hydrogen-bond acceptors (Lipinski definition) is 6. The van der Waals surface area contributed by atoms with Crippen molar-refractivity contribution in [1.82, 2.24) is 5.32 Å². The average Bonchev–Trinajstić information content (AvgIpc) is 2.75. The van der Waals surface area contributed by atoms with Crippen LogP contribution in [0.3, 0.4) is 0 Å². The average molecular weight is 473 g/mol. The standard InChI is InChI=1S/C24H32N4O4S/c1-24(2,3)32-22(30)16-28(19-12-10-18(11-13-19)27(4)5)21(29)15-25-23(31)26-17-8-7-9-20(14-17)33-6/h7-14H,15-16H2,1-6H3,(H2,25,26,31). The fraction of sp³-hybridized carbons (Fsp3) is 0.375. The number of anilines is 3. The highest BCUT2D eigenvalue weighted by Crippen LogP contribution is 2.21. The number of nitrogens with zero attached hydrogens (tertiary/aromatic N) is 2. The molecule has 3 amide bonds.